The highest BCUT2D eigenvalue weighted by Crippen LogP contribution is 2.26. The summed E-state index contributed by atoms with van der Waals surface area (Å²) >= 11 is 7.12. The molecule has 1 aromatic heterocycles. The summed E-state index contributed by atoms with van der Waals surface area (Å²) < 4.78 is 52.8. The topological polar surface area (TPSA) is 46.2 Å². The summed E-state index contributed by atoms with van der Waals surface area (Å²) in [6, 6.07) is 5.49. The van der Waals surface area contributed by atoms with Gasteiger partial charge in [0.2, 0.25) is 10.0 Å². The lowest BCUT2D eigenvalue weighted by Gasteiger charge is -2.09. The molecule has 0 saturated carbocycles. The molecule has 0 amide bonds. The second-order valence-electron chi connectivity index (χ2n) is 3.90. The Kier molecular flexibility index (Phi) is 4.74. The lowest BCUT2D eigenvalue weighted by Crippen LogP contribution is -2.27. The Bertz CT molecular complexity index is 702. The van der Waals surface area contributed by atoms with Gasteiger partial charge in [-0.2, -0.15) is 0 Å². The number of hydrogen-bond acceptors (Lipinski definition) is 3. The van der Waals surface area contributed by atoms with E-state index in [2.05, 4.69) is 4.72 Å². The number of thiophene rings is 1. The van der Waals surface area contributed by atoms with E-state index < -0.39 is 26.6 Å². The minimum atomic E-state index is -4.19. The first kappa shape index (κ1) is 15.4. The van der Waals surface area contributed by atoms with Crippen LogP contribution in [0.15, 0.2) is 34.5 Å². The molecule has 0 bridgehead atoms. The summed E-state index contributed by atoms with van der Waals surface area (Å²) in [5, 5.41) is 1.51. The summed E-state index contributed by atoms with van der Waals surface area (Å²) in [5.41, 5.74) is 0. The summed E-state index contributed by atoms with van der Waals surface area (Å²) in [6.07, 6.45) is 0.464. The van der Waals surface area contributed by atoms with Gasteiger partial charge in [0.25, 0.3) is 0 Å². The zero-order valence-electron chi connectivity index (χ0n) is 10.1. The second-order valence-corrected chi connectivity index (χ2v) is 7.04. The third-order valence-corrected chi connectivity index (χ3v) is 5.40. The number of halogens is 3. The van der Waals surface area contributed by atoms with Crippen LogP contribution in [0.4, 0.5) is 8.78 Å². The van der Waals surface area contributed by atoms with Gasteiger partial charge in [-0.25, -0.2) is 21.9 Å². The highest BCUT2D eigenvalue weighted by molar-refractivity contribution is 7.89. The van der Waals surface area contributed by atoms with E-state index in [0.717, 1.165) is 17.0 Å². The molecule has 1 aromatic carbocycles. The van der Waals surface area contributed by atoms with E-state index in [1.54, 1.807) is 0 Å². The van der Waals surface area contributed by atoms with E-state index in [9.17, 15) is 17.2 Å². The maximum absolute atomic E-state index is 13.6. The van der Waals surface area contributed by atoms with Crippen molar-refractivity contribution in [3.05, 3.63) is 51.2 Å². The van der Waals surface area contributed by atoms with Gasteiger partial charge in [-0.15, -0.1) is 11.3 Å². The van der Waals surface area contributed by atoms with Crippen molar-refractivity contribution < 1.29 is 17.2 Å². The van der Waals surface area contributed by atoms with Gasteiger partial charge in [-0.3, -0.25) is 0 Å². The Morgan fingerprint density at radius 1 is 1.25 bits per heavy atom. The molecule has 3 nitrogen and oxygen atoms in total. The van der Waals surface area contributed by atoms with E-state index in [1.807, 2.05) is 17.5 Å². The zero-order valence-corrected chi connectivity index (χ0v) is 12.5. The molecule has 0 fully saturated rings. The maximum atomic E-state index is 13.6. The Hall–Kier alpha value is -1.02. The lowest BCUT2D eigenvalue weighted by atomic mass is 10.3. The van der Waals surface area contributed by atoms with Crippen LogP contribution in [0.2, 0.25) is 5.02 Å². The molecule has 2 rings (SSSR count). The fraction of sp³-hybridized carbons (Fsp3) is 0.167. The molecule has 0 radical (unpaired) electrons. The summed E-state index contributed by atoms with van der Waals surface area (Å²) in [6.45, 7) is 0.0785. The van der Waals surface area contributed by atoms with Crippen LogP contribution in [0, 0.1) is 11.6 Å². The van der Waals surface area contributed by atoms with Crippen LogP contribution in [0.1, 0.15) is 4.88 Å². The van der Waals surface area contributed by atoms with Crippen molar-refractivity contribution in [3.63, 3.8) is 0 Å². The van der Waals surface area contributed by atoms with Crippen molar-refractivity contribution in [1.29, 1.82) is 0 Å². The first-order valence-corrected chi connectivity index (χ1v) is 8.31. The number of sulfonamides is 1. The standard InChI is InChI=1S/C12H10ClF2NO2S2/c13-9-3-4-10(14)11(15)12(9)20(17,18)16-6-5-8-2-1-7-19-8/h1-4,7,16H,5-6H2. The van der Waals surface area contributed by atoms with Crippen molar-refractivity contribution in [2.75, 3.05) is 6.54 Å². The molecule has 1 N–H and O–H groups in total. The molecule has 0 spiro atoms. The van der Waals surface area contributed by atoms with Crippen LogP contribution in [0.5, 0.6) is 0 Å². The van der Waals surface area contributed by atoms with Crippen LogP contribution in [-0.4, -0.2) is 15.0 Å². The number of rotatable bonds is 5. The number of benzene rings is 1. The van der Waals surface area contributed by atoms with Crippen LogP contribution in [0.3, 0.4) is 0 Å². The quantitative estimate of drug-likeness (QED) is 0.852. The molecule has 2 aromatic rings. The van der Waals surface area contributed by atoms with Gasteiger partial charge in [-0.1, -0.05) is 17.7 Å². The van der Waals surface area contributed by atoms with E-state index in [-0.39, 0.29) is 11.6 Å². The predicted octanol–water partition coefficient (Wildman–Crippen LogP) is 3.20. The molecule has 1 heterocycles. The molecular formula is C12H10ClF2NO2S2. The SMILES string of the molecule is O=S(=O)(NCCc1cccs1)c1c(Cl)ccc(F)c1F. The first-order chi connectivity index (χ1) is 9.42. The van der Waals surface area contributed by atoms with Crippen LogP contribution < -0.4 is 4.72 Å². The third-order valence-electron chi connectivity index (χ3n) is 2.51. The largest absolute Gasteiger partial charge is 0.245 e. The van der Waals surface area contributed by atoms with Gasteiger partial charge in [0.1, 0.15) is 4.90 Å². The van der Waals surface area contributed by atoms with Crippen molar-refractivity contribution in [3.8, 4) is 0 Å². The van der Waals surface area contributed by atoms with Gasteiger partial charge < -0.3 is 0 Å². The first-order valence-electron chi connectivity index (χ1n) is 5.57. The van der Waals surface area contributed by atoms with Crippen LogP contribution >= 0.6 is 22.9 Å². The third kappa shape index (κ3) is 3.35. The van der Waals surface area contributed by atoms with Crippen molar-refractivity contribution in [2.24, 2.45) is 0 Å². The van der Waals surface area contributed by atoms with E-state index in [4.69, 9.17) is 11.6 Å². The fourth-order valence-electron chi connectivity index (χ4n) is 1.59. The van der Waals surface area contributed by atoms with Crippen molar-refractivity contribution >= 4 is 33.0 Å². The molecule has 8 heteroatoms. The Labute approximate surface area is 124 Å². The second kappa shape index (κ2) is 6.17. The highest BCUT2D eigenvalue weighted by atomic mass is 35.5. The molecule has 0 aliphatic carbocycles. The molecule has 0 saturated heterocycles. The molecule has 0 aliphatic rings. The average molecular weight is 338 g/mol. The number of nitrogens with one attached hydrogen (secondary N) is 1. The van der Waals surface area contributed by atoms with Gasteiger partial charge in [0, 0.05) is 11.4 Å². The molecule has 0 atom stereocenters. The maximum Gasteiger partial charge on any atom is 0.245 e. The predicted molar refractivity (Wildman–Crippen MR) is 74.6 cm³/mol. The summed E-state index contributed by atoms with van der Waals surface area (Å²) in [7, 11) is -4.19. The Morgan fingerprint density at radius 3 is 2.65 bits per heavy atom. The Balaban J connectivity index is 2.16. The van der Waals surface area contributed by atoms with E-state index in [0.29, 0.717) is 6.42 Å². The molecule has 0 aliphatic heterocycles. The van der Waals surface area contributed by atoms with Gasteiger partial charge >= 0.3 is 0 Å². The van der Waals surface area contributed by atoms with Crippen molar-refractivity contribution in [1.82, 2.24) is 4.72 Å². The molecular weight excluding hydrogens is 328 g/mol. The minimum Gasteiger partial charge on any atom is -0.211 e. The van der Waals surface area contributed by atoms with Gasteiger partial charge in [-0.05, 0) is 30.0 Å². The number of hydrogen-bond donors (Lipinski definition) is 1. The van der Waals surface area contributed by atoms with Crippen LogP contribution in [-0.2, 0) is 16.4 Å². The highest BCUT2D eigenvalue weighted by Gasteiger charge is 2.25. The van der Waals surface area contributed by atoms with E-state index in [1.165, 1.54) is 11.3 Å². The van der Waals surface area contributed by atoms with Crippen LogP contribution in [0.25, 0.3) is 0 Å². The van der Waals surface area contributed by atoms with E-state index >= 15 is 0 Å². The lowest BCUT2D eigenvalue weighted by molar-refractivity contribution is 0.483. The Morgan fingerprint density at radius 2 is 2.00 bits per heavy atom. The van der Waals surface area contributed by atoms with Crippen molar-refractivity contribution in [2.45, 2.75) is 11.3 Å². The molecule has 0 unspecified atom stereocenters. The molecule has 108 valence electrons. The summed E-state index contributed by atoms with van der Waals surface area (Å²) in [5.74, 6) is -2.73. The normalized spacial score (nSPS) is 11.8. The van der Waals surface area contributed by atoms with Gasteiger partial charge in [0.05, 0.1) is 5.02 Å². The molecule has 20 heavy (non-hydrogen) atoms. The smallest absolute Gasteiger partial charge is 0.211 e. The van der Waals surface area contributed by atoms with Gasteiger partial charge in [0.15, 0.2) is 11.6 Å². The monoisotopic (exact) mass is 337 g/mol. The zero-order chi connectivity index (χ0) is 14.8. The minimum absolute atomic E-state index is 0.0785. The summed E-state index contributed by atoms with van der Waals surface area (Å²) in [4.78, 5) is 0.129. The average Bonchev–Trinajstić information content (AvgIpc) is 2.87. The fourth-order valence-corrected chi connectivity index (χ4v) is 3.92.